The van der Waals surface area contributed by atoms with Crippen LogP contribution in [0, 0.1) is 0 Å². The van der Waals surface area contributed by atoms with Crippen LogP contribution in [0.25, 0.3) is 21.3 Å². The summed E-state index contributed by atoms with van der Waals surface area (Å²) < 4.78 is 2.01. The van der Waals surface area contributed by atoms with Crippen molar-refractivity contribution in [1.82, 2.24) is 9.97 Å². The van der Waals surface area contributed by atoms with Gasteiger partial charge in [-0.05, 0) is 53.1 Å². The third-order valence-corrected chi connectivity index (χ3v) is 6.65. The SMILES string of the molecule is O=C(c1ccc(-c2ccccc2)cc1)N(Cc1cccnc1)c1nc2ccc(Br)cc2s1. The number of hydrogen-bond donors (Lipinski definition) is 0. The van der Waals surface area contributed by atoms with Gasteiger partial charge >= 0.3 is 0 Å². The maximum atomic E-state index is 13.6. The summed E-state index contributed by atoms with van der Waals surface area (Å²) in [6.07, 6.45) is 3.51. The minimum atomic E-state index is -0.0911. The van der Waals surface area contributed by atoms with Gasteiger partial charge in [-0.25, -0.2) is 4.98 Å². The summed E-state index contributed by atoms with van der Waals surface area (Å²) in [5, 5.41) is 0.666. The fraction of sp³-hybridized carbons (Fsp3) is 0.0385. The predicted octanol–water partition coefficient (Wildman–Crippen LogP) is 6.97. The first-order valence-electron chi connectivity index (χ1n) is 10.1. The highest BCUT2D eigenvalue weighted by atomic mass is 79.9. The molecule has 6 heteroatoms. The maximum absolute atomic E-state index is 13.6. The van der Waals surface area contributed by atoms with Crippen molar-refractivity contribution in [3.63, 3.8) is 0 Å². The molecule has 156 valence electrons. The number of rotatable bonds is 5. The van der Waals surface area contributed by atoms with Crippen LogP contribution in [-0.4, -0.2) is 15.9 Å². The van der Waals surface area contributed by atoms with Crippen molar-refractivity contribution in [2.24, 2.45) is 0 Å². The number of carbonyl (C=O) groups is 1. The monoisotopic (exact) mass is 499 g/mol. The van der Waals surface area contributed by atoms with Crippen molar-refractivity contribution >= 4 is 48.5 Å². The number of anilines is 1. The largest absolute Gasteiger partial charge is 0.279 e. The zero-order chi connectivity index (χ0) is 21.9. The molecule has 0 aliphatic carbocycles. The van der Waals surface area contributed by atoms with Gasteiger partial charge in [-0.1, -0.05) is 75.8 Å². The molecule has 0 N–H and O–H groups in total. The van der Waals surface area contributed by atoms with E-state index in [0.29, 0.717) is 17.2 Å². The third-order valence-electron chi connectivity index (χ3n) is 5.12. The number of nitrogens with zero attached hydrogens (tertiary/aromatic N) is 3. The molecule has 0 aliphatic rings. The highest BCUT2D eigenvalue weighted by Gasteiger charge is 2.22. The van der Waals surface area contributed by atoms with Crippen LogP contribution in [0.3, 0.4) is 0 Å². The van der Waals surface area contributed by atoms with E-state index in [2.05, 4.69) is 33.0 Å². The van der Waals surface area contributed by atoms with Crippen LogP contribution in [0.4, 0.5) is 5.13 Å². The number of carbonyl (C=O) groups excluding carboxylic acids is 1. The lowest BCUT2D eigenvalue weighted by atomic mass is 10.0. The minimum Gasteiger partial charge on any atom is -0.279 e. The number of amides is 1. The Morgan fingerprint density at radius 1 is 0.906 bits per heavy atom. The van der Waals surface area contributed by atoms with Gasteiger partial charge in [-0.2, -0.15) is 0 Å². The van der Waals surface area contributed by atoms with Crippen LogP contribution < -0.4 is 4.90 Å². The fourth-order valence-corrected chi connectivity index (χ4v) is 5.01. The molecule has 0 fully saturated rings. The molecule has 0 spiro atoms. The van der Waals surface area contributed by atoms with Crippen molar-refractivity contribution in [2.75, 3.05) is 4.90 Å². The van der Waals surface area contributed by atoms with Gasteiger partial charge in [-0.15, -0.1) is 0 Å². The van der Waals surface area contributed by atoms with Gasteiger partial charge in [0.15, 0.2) is 5.13 Å². The van der Waals surface area contributed by atoms with Crippen molar-refractivity contribution in [3.8, 4) is 11.1 Å². The maximum Gasteiger partial charge on any atom is 0.260 e. The molecule has 0 aliphatic heterocycles. The number of thiazole rings is 1. The molecular weight excluding hydrogens is 482 g/mol. The highest BCUT2D eigenvalue weighted by molar-refractivity contribution is 9.10. The van der Waals surface area contributed by atoms with E-state index < -0.39 is 0 Å². The first-order chi connectivity index (χ1) is 15.7. The average Bonchev–Trinajstić information content (AvgIpc) is 3.26. The van der Waals surface area contributed by atoms with E-state index in [1.807, 2.05) is 72.8 Å². The molecule has 0 atom stereocenters. The molecule has 5 aromatic rings. The van der Waals surface area contributed by atoms with Crippen LogP contribution in [0.15, 0.2) is 102 Å². The number of fused-ring (bicyclic) bond motifs is 1. The molecule has 32 heavy (non-hydrogen) atoms. The van der Waals surface area contributed by atoms with Gasteiger partial charge in [0.25, 0.3) is 5.91 Å². The quantitative estimate of drug-likeness (QED) is 0.262. The van der Waals surface area contributed by atoms with E-state index in [0.717, 1.165) is 31.4 Å². The zero-order valence-electron chi connectivity index (χ0n) is 17.0. The molecular formula is C26H18BrN3OS. The molecule has 3 aromatic carbocycles. The van der Waals surface area contributed by atoms with Crippen molar-refractivity contribution in [1.29, 1.82) is 0 Å². The number of pyridine rings is 1. The Morgan fingerprint density at radius 3 is 2.44 bits per heavy atom. The minimum absolute atomic E-state index is 0.0911. The normalized spacial score (nSPS) is 10.9. The van der Waals surface area contributed by atoms with E-state index in [-0.39, 0.29) is 5.91 Å². The second-order valence-corrected chi connectivity index (χ2v) is 9.23. The topological polar surface area (TPSA) is 46.1 Å². The lowest BCUT2D eigenvalue weighted by molar-refractivity contribution is 0.0985. The summed E-state index contributed by atoms with van der Waals surface area (Å²) in [4.78, 5) is 24.3. The first kappa shape index (κ1) is 20.5. The Kier molecular flexibility index (Phi) is 5.79. The van der Waals surface area contributed by atoms with Crippen LogP contribution in [0.1, 0.15) is 15.9 Å². The lowest BCUT2D eigenvalue weighted by Gasteiger charge is -2.20. The second-order valence-electron chi connectivity index (χ2n) is 7.30. The van der Waals surface area contributed by atoms with Gasteiger partial charge in [-0.3, -0.25) is 14.7 Å². The molecule has 0 unspecified atom stereocenters. The summed E-state index contributed by atoms with van der Waals surface area (Å²) in [6.45, 7) is 0.397. The smallest absolute Gasteiger partial charge is 0.260 e. The third kappa shape index (κ3) is 4.33. The molecule has 0 bridgehead atoms. The molecule has 2 aromatic heterocycles. The molecule has 4 nitrogen and oxygen atoms in total. The summed E-state index contributed by atoms with van der Waals surface area (Å²) in [5.74, 6) is -0.0911. The second kappa shape index (κ2) is 9.02. The van der Waals surface area contributed by atoms with E-state index >= 15 is 0 Å². The first-order valence-corrected chi connectivity index (χ1v) is 11.7. The van der Waals surface area contributed by atoms with Gasteiger partial charge in [0, 0.05) is 22.4 Å². The number of hydrogen-bond acceptors (Lipinski definition) is 4. The Bertz CT molecular complexity index is 1370. The van der Waals surface area contributed by atoms with Gasteiger partial charge in [0.05, 0.1) is 16.8 Å². The Balaban J connectivity index is 1.51. The standard InChI is InChI=1S/C26H18BrN3OS/c27-22-12-13-23-24(15-22)32-26(29-23)30(17-18-5-4-14-28-16-18)25(31)21-10-8-20(9-11-21)19-6-2-1-3-7-19/h1-16H,17H2. The van der Waals surface area contributed by atoms with Gasteiger partial charge < -0.3 is 0 Å². The van der Waals surface area contributed by atoms with E-state index in [1.54, 1.807) is 17.3 Å². The lowest BCUT2D eigenvalue weighted by Crippen LogP contribution is -2.30. The highest BCUT2D eigenvalue weighted by Crippen LogP contribution is 2.32. The van der Waals surface area contributed by atoms with Crippen LogP contribution >= 0.6 is 27.3 Å². The van der Waals surface area contributed by atoms with Crippen LogP contribution in [0.2, 0.25) is 0 Å². The zero-order valence-corrected chi connectivity index (χ0v) is 19.4. The van der Waals surface area contributed by atoms with E-state index in [1.165, 1.54) is 11.3 Å². The Morgan fingerprint density at radius 2 is 1.69 bits per heavy atom. The van der Waals surface area contributed by atoms with Gasteiger partial charge in [0.2, 0.25) is 0 Å². The van der Waals surface area contributed by atoms with E-state index in [9.17, 15) is 4.79 Å². The van der Waals surface area contributed by atoms with Crippen molar-refractivity contribution in [3.05, 3.63) is 113 Å². The predicted molar refractivity (Wildman–Crippen MR) is 134 cm³/mol. The van der Waals surface area contributed by atoms with Crippen molar-refractivity contribution in [2.45, 2.75) is 6.54 Å². The summed E-state index contributed by atoms with van der Waals surface area (Å²) >= 11 is 5.02. The van der Waals surface area contributed by atoms with E-state index in [4.69, 9.17) is 4.98 Å². The summed E-state index contributed by atoms with van der Waals surface area (Å²) in [7, 11) is 0. The number of halogens is 1. The Labute approximate surface area is 198 Å². The van der Waals surface area contributed by atoms with Crippen molar-refractivity contribution < 1.29 is 4.79 Å². The number of benzene rings is 3. The fourth-order valence-electron chi connectivity index (χ4n) is 3.49. The molecule has 0 saturated heterocycles. The molecule has 0 saturated carbocycles. The molecule has 0 radical (unpaired) electrons. The van der Waals surface area contributed by atoms with Gasteiger partial charge in [0.1, 0.15) is 0 Å². The average molecular weight is 500 g/mol. The summed E-state index contributed by atoms with van der Waals surface area (Å²) in [5.41, 5.74) is 4.63. The molecule has 2 heterocycles. The summed E-state index contributed by atoms with van der Waals surface area (Å²) in [6, 6.07) is 27.7. The van der Waals surface area contributed by atoms with Crippen LogP contribution in [0.5, 0.6) is 0 Å². The number of aromatic nitrogens is 2. The molecule has 5 rings (SSSR count). The Hall–Kier alpha value is -3.35. The molecule has 1 amide bonds. The van der Waals surface area contributed by atoms with Crippen LogP contribution in [-0.2, 0) is 6.54 Å².